The first kappa shape index (κ1) is 20.1. The molecule has 26 heavy (non-hydrogen) atoms. The van der Waals surface area contributed by atoms with Crippen LogP contribution in [-0.4, -0.2) is 31.8 Å². The Kier molecular flexibility index (Phi) is 6.56. The van der Waals surface area contributed by atoms with Crippen LogP contribution in [0, 0.1) is 6.92 Å². The van der Waals surface area contributed by atoms with Crippen molar-refractivity contribution < 1.29 is 17.9 Å². The molecule has 140 valence electrons. The largest absolute Gasteiger partial charge is 0.454 e. The van der Waals surface area contributed by atoms with Crippen molar-refractivity contribution in [3.63, 3.8) is 0 Å². The molecule has 2 aromatic carbocycles. The van der Waals surface area contributed by atoms with Crippen LogP contribution < -0.4 is 0 Å². The predicted octanol–water partition coefficient (Wildman–Crippen LogP) is 3.94. The van der Waals surface area contributed by atoms with Gasteiger partial charge in [-0.15, -0.1) is 0 Å². The summed E-state index contributed by atoms with van der Waals surface area (Å²) in [6, 6.07) is 13.7. The van der Waals surface area contributed by atoms with Gasteiger partial charge in [-0.2, -0.15) is 4.31 Å². The molecule has 0 N–H and O–H groups in total. The average Bonchev–Trinajstić information content (AvgIpc) is 2.63. The first-order valence-corrected chi connectivity index (χ1v) is 10.1. The maximum Gasteiger partial charge on any atom is 0.338 e. The molecule has 0 aromatic heterocycles. The zero-order valence-corrected chi connectivity index (χ0v) is 16.4. The molecule has 0 amide bonds. The highest BCUT2D eigenvalue weighted by Gasteiger charge is 2.23. The van der Waals surface area contributed by atoms with Crippen LogP contribution in [0.15, 0.2) is 53.4 Å². The van der Waals surface area contributed by atoms with Crippen LogP contribution in [-0.2, 0) is 14.8 Å². The molecular weight excluding hydrogens is 350 g/mol. The molecule has 0 aliphatic heterocycles. The van der Waals surface area contributed by atoms with E-state index in [1.807, 2.05) is 31.2 Å². The van der Waals surface area contributed by atoms with Gasteiger partial charge in [0.25, 0.3) is 0 Å². The molecule has 2 aromatic rings. The fraction of sp³-hybridized carbons (Fsp3) is 0.350. The highest BCUT2D eigenvalue weighted by molar-refractivity contribution is 7.89. The fourth-order valence-corrected chi connectivity index (χ4v) is 4.13. The number of ether oxygens (including phenoxy) is 1. The number of hydrogen-bond donors (Lipinski definition) is 0. The second-order valence-corrected chi connectivity index (χ2v) is 8.01. The Morgan fingerprint density at radius 2 is 1.69 bits per heavy atom. The van der Waals surface area contributed by atoms with Gasteiger partial charge in [0.05, 0.1) is 10.5 Å². The van der Waals surface area contributed by atoms with Crippen LogP contribution in [0.3, 0.4) is 0 Å². The van der Waals surface area contributed by atoms with Gasteiger partial charge in [-0.05, 0) is 37.6 Å². The Morgan fingerprint density at radius 1 is 1.08 bits per heavy atom. The third-order valence-electron chi connectivity index (χ3n) is 4.24. The van der Waals surface area contributed by atoms with Gasteiger partial charge in [-0.1, -0.05) is 49.7 Å². The number of hydrogen-bond acceptors (Lipinski definition) is 4. The molecule has 0 unspecified atom stereocenters. The summed E-state index contributed by atoms with van der Waals surface area (Å²) in [6.07, 6.45) is -0.425. The predicted molar refractivity (Wildman–Crippen MR) is 102 cm³/mol. The standard InChI is InChI=1S/C20H25NO4S/c1-5-21(6-2)26(23,24)19-9-7-8-18(14-19)20(22)25-16(4)17-12-10-15(3)11-13-17/h7-14,16H,5-6H2,1-4H3/t16-/m1/s1. The van der Waals surface area contributed by atoms with Crippen molar-refractivity contribution in [2.24, 2.45) is 0 Å². The summed E-state index contributed by atoms with van der Waals surface area (Å²) in [7, 11) is -3.62. The lowest BCUT2D eigenvalue weighted by atomic mass is 10.1. The number of carbonyl (C=O) groups excluding carboxylic acids is 1. The molecule has 0 bridgehead atoms. The second kappa shape index (κ2) is 8.47. The number of aryl methyl sites for hydroxylation is 1. The third kappa shape index (κ3) is 4.51. The van der Waals surface area contributed by atoms with Crippen molar-refractivity contribution >= 4 is 16.0 Å². The molecule has 0 heterocycles. The van der Waals surface area contributed by atoms with Gasteiger partial charge in [0.15, 0.2) is 0 Å². The lowest BCUT2D eigenvalue weighted by Crippen LogP contribution is -2.30. The molecule has 0 saturated carbocycles. The van der Waals surface area contributed by atoms with E-state index in [0.29, 0.717) is 13.1 Å². The van der Waals surface area contributed by atoms with Crippen molar-refractivity contribution in [2.45, 2.75) is 38.7 Å². The summed E-state index contributed by atoms with van der Waals surface area (Å²) in [5.41, 5.74) is 2.23. The van der Waals surface area contributed by atoms with Gasteiger partial charge in [-0.3, -0.25) is 0 Å². The summed E-state index contributed by atoms with van der Waals surface area (Å²) in [5.74, 6) is -0.547. The van der Waals surface area contributed by atoms with Crippen molar-refractivity contribution in [1.29, 1.82) is 0 Å². The van der Waals surface area contributed by atoms with Crippen molar-refractivity contribution in [1.82, 2.24) is 4.31 Å². The number of rotatable bonds is 7. The Balaban J connectivity index is 2.21. The van der Waals surface area contributed by atoms with Crippen LogP contribution in [0.25, 0.3) is 0 Å². The zero-order valence-electron chi connectivity index (χ0n) is 15.6. The van der Waals surface area contributed by atoms with Crippen LogP contribution in [0.5, 0.6) is 0 Å². The molecule has 0 fully saturated rings. The minimum absolute atomic E-state index is 0.0960. The quantitative estimate of drug-likeness (QED) is 0.688. The number of benzene rings is 2. The van der Waals surface area contributed by atoms with E-state index in [9.17, 15) is 13.2 Å². The van der Waals surface area contributed by atoms with Gasteiger partial charge in [0, 0.05) is 13.1 Å². The second-order valence-electron chi connectivity index (χ2n) is 6.08. The Morgan fingerprint density at radius 3 is 2.27 bits per heavy atom. The van der Waals surface area contributed by atoms with Crippen LogP contribution in [0.4, 0.5) is 0 Å². The number of carbonyl (C=O) groups is 1. The molecule has 6 heteroatoms. The number of nitrogens with zero attached hydrogens (tertiary/aromatic N) is 1. The highest BCUT2D eigenvalue weighted by atomic mass is 32.2. The first-order valence-electron chi connectivity index (χ1n) is 8.67. The Labute approximate surface area is 155 Å². The monoisotopic (exact) mass is 375 g/mol. The SMILES string of the molecule is CCN(CC)S(=O)(=O)c1cccc(C(=O)O[C@H](C)c2ccc(C)cc2)c1. The molecule has 2 rings (SSSR count). The lowest BCUT2D eigenvalue weighted by molar-refractivity contribution is 0.0337. The maximum atomic E-state index is 12.6. The average molecular weight is 375 g/mol. The first-order chi connectivity index (χ1) is 12.3. The Bertz CT molecular complexity index is 856. The lowest BCUT2D eigenvalue weighted by Gasteiger charge is -2.19. The van der Waals surface area contributed by atoms with Crippen LogP contribution >= 0.6 is 0 Å². The van der Waals surface area contributed by atoms with E-state index in [0.717, 1.165) is 11.1 Å². The molecule has 1 atom stereocenters. The molecule has 5 nitrogen and oxygen atoms in total. The fourth-order valence-electron chi connectivity index (χ4n) is 2.63. The summed E-state index contributed by atoms with van der Waals surface area (Å²) in [5, 5.41) is 0. The molecule has 0 aliphatic rings. The van der Waals surface area contributed by atoms with Crippen molar-refractivity contribution in [2.75, 3.05) is 13.1 Å². The summed E-state index contributed by atoms with van der Waals surface area (Å²) >= 11 is 0. The number of esters is 1. The summed E-state index contributed by atoms with van der Waals surface area (Å²) in [6.45, 7) is 8.09. The normalized spacial score (nSPS) is 12.8. The van der Waals surface area contributed by atoms with E-state index in [-0.39, 0.29) is 10.5 Å². The molecule has 0 radical (unpaired) electrons. The minimum atomic E-state index is -3.62. The Hall–Kier alpha value is -2.18. The van der Waals surface area contributed by atoms with Gasteiger partial charge < -0.3 is 4.74 Å². The van der Waals surface area contributed by atoms with E-state index in [1.54, 1.807) is 32.9 Å². The number of sulfonamides is 1. The maximum absolute atomic E-state index is 12.6. The zero-order chi connectivity index (χ0) is 19.3. The van der Waals surface area contributed by atoms with Crippen LogP contribution in [0.2, 0.25) is 0 Å². The van der Waals surface area contributed by atoms with Crippen LogP contribution in [0.1, 0.15) is 48.4 Å². The van der Waals surface area contributed by atoms with E-state index in [4.69, 9.17) is 4.74 Å². The smallest absolute Gasteiger partial charge is 0.338 e. The van der Waals surface area contributed by atoms with Crippen molar-refractivity contribution in [3.05, 3.63) is 65.2 Å². The van der Waals surface area contributed by atoms with Gasteiger partial charge >= 0.3 is 5.97 Å². The molecular formula is C20H25NO4S. The van der Waals surface area contributed by atoms with Crippen molar-refractivity contribution in [3.8, 4) is 0 Å². The minimum Gasteiger partial charge on any atom is -0.454 e. The van der Waals surface area contributed by atoms with E-state index < -0.39 is 22.1 Å². The third-order valence-corrected chi connectivity index (χ3v) is 6.29. The molecule has 0 saturated heterocycles. The van der Waals surface area contributed by atoms with E-state index in [1.165, 1.54) is 16.4 Å². The summed E-state index contributed by atoms with van der Waals surface area (Å²) < 4.78 is 32.1. The van der Waals surface area contributed by atoms with E-state index >= 15 is 0 Å². The summed E-state index contributed by atoms with van der Waals surface area (Å²) in [4.78, 5) is 12.5. The topological polar surface area (TPSA) is 63.7 Å². The van der Waals surface area contributed by atoms with Gasteiger partial charge in [0.1, 0.15) is 6.10 Å². The van der Waals surface area contributed by atoms with Gasteiger partial charge in [0.2, 0.25) is 10.0 Å². The highest BCUT2D eigenvalue weighted by Crippen LogP contribution is 2.21. The molecule has 0 aliphatic carbocycles. The molecule has 0 spiro atoms. The van der Waals surface area contributed by atoms with Gasteiger partial charge in [-0.25, -0.2) is 13.2 Å². The van der Waals surface area contributed by atoms with E-state index in [2.05, 4.69) is 0 Å².